The number of carboxylic acid groups (broad SMARTS) is 1. The molecule has 7 heteroatoms. The van der Waals surface area contributed by atoms with Gasteiger partial charge in [-0.1, -0.05) is 5.16 Å². The third-order valence-corrected chi connectivity index (χ3v) is 3.99. The van der Waals surface area contributed by atoms with E-state index in [9.17, 15) is 9.59 Å². The minimum absolute atomic E-state index is 0.0806. The van der Waals surface area contributed by atoms with Crippen LogP contribution in [0.2, 0.25) is 0 Å². The number of urea groups is 1. The predicted molar refractivity (Wildman–Crippen MR) is 74.8 cm³/mol. The zero-order valence-electron chi connectivity index (χ0n) is 12.5. The van der Waals surface area contributed by atoms with Gasteiger partial charge in [0.2, 0.25) is 0 Å². The Bertz CT molecular complexity index is 521. The monoisotopic (exact) mass is 295 g/mol. The van der Waals surface area contributed by atoms with Gasteiger partial charge in [0, 0.05) is 11.6 Å². The maximum absolute atomic E-state index is 12.0. The van der Waals surface area contributed by atoms with Crippen LogP contribution in [0.25, 0.3) is 0 Å². The van der Waals surface area contributed by atoms with Gasteiger partial charge in [0.05, 0.1) is 17.7 Å². The van der Waals surface area contributed by atoms with Crippen LogP contribution >= 0.6 is 0 Å². The molecule has 7 nitrogen and oxygen atoms in total. The van der Waals surface area contributed by atoms with Gasteiger partial charge in [-0.05, 0) is 40.0 Å². The fourth-order valence-electron chi connectivity index (χ4n) is 2.94. The third-order valence-electron chi connectivity index (χ3n) is 3.99. The Kier molecular flexibility index (Phi) is 4.50. The fourth-order valence-corrected chi connectivity index (χ4v) is 2.94. The van der Waals surface area contributed by atoms with E-state index in [-0.39, 0.29) is 24.0 Å². The Hall–Kier alpha value is -2.05. The second-order valence-electron chi connectivity index (χ2n) is 5.62. The van der Waals surface area contributed by atoms with Crippen molar-refractivity contribution < 1.29 is 19.2 Å². The molecule has 0 aliphatic heterocycles. The van der Waals surface area contributed by atoms with Gasteiger partial charge in [-0.3, -0.25) is 4.79 Å². The quantitative estimate of drug-likeness (QED) is 0.787. The summed E-state index contributed by atoms with van der Waals surface area (Å²) >= 11 is 0. The van der Waals surface area contributed by atoms with E-state index in [1.807, 2.05) is 13.8 Å². The van der Waals surface area contributed by atoms with Crippen molar-refractivity contribution in [1.29, 1.82) is 0 Å². The van der Waals surface area contributed by atoms with E-state index in [0.29, 0.717) is 25.0 Å². The van der Waals surface area contributed by atoms with Crippen LogP contribution in [-0.2, 0) is 4.79 Å². The van der Waals surface area contributed by atoms with E-state index in [2.05, 4.69) is 15.8 Å². The number of aromatic nitrogens is 1. The smallest absolute Gasteiger partial charge is 0.315 e. The molecule has 1 aromatic heterocycles. The molecule has 2 amide bonds. The molecule has 21 heavy (non-hydrogen) atoms. The molecular formula is C14H21N3O4. The molecule has 0 bridgehead atoms. The molecule has 1 aliphatic rings. The number of aryl methyl sites for hydroxylation is 2. The van der Waals surface area contributed by atoms with Gasteiger partial charge in [0.25, 0.3) is 0 Å². The maximum Gasteiger partial charge on any atom is 0.315 e. The molecule has 1 heterocycles. The molecule has 1 aromatic rings. The molecule has 0 saturated heterocycles. The second kappa shape index (κ2) is 6.15. The van der Waals surface area contributed by atoms with Crippen LogP contribution < -0.4 is 10.6 Å². The minimum Gasteiger partial charge on any atom is -0.481 e. The lowest BCUT2D eigenvalue weighted by molar-refractivity contribution is -0.141. The van der Waals surface area contributed by atoms with Crippen LogP contribution in [0.5, 0.6) is 0 Å². The number of nitrogens with one attached hydrogen (secondary N) is 2. The van der Waals surface area contributed by atoms with Crippen LogP contribution in [0.15, 0.2) is 4.52 Å². The molecule has 1 fully saturated rings. The summed E-state index contributed by atoms with van der Waals surface area (Å²) in [6.45, 7) is 5.50. The first-order chi connectivity index (χ1) is 9.88. The fraction of sp³-hybridized carbons (Fsp3) is 0.643. The number of nitrogens with zero attached hydrogens (tertiary/aromatic N) is 1. The largest absolute Gasteiger partial charge is 0.481 e. The average molecular weight is 295 g/mol. The third kappa shape index (κ3) is 3.53. The lowest BCUT2D eigenvalue weighted by Gasteiger charge is -2.17. The molecule has 116 valence electrons. The molecule has 3 atom stereocenters. The standard InChI is InChI=1S/C14H21N3O4/c1-7(12-8(2)17-21-9(12)3)15-14(20)16-11-5-4-10(6-11)13(18)19/h7,10-11H,4-6H2,1-3H3,(H,18,19)(H2,15,16,20)/t7?,10-,11+/m1/s1. The van der Waals surface area contributed by atoms with Gasteiger partial charge in [-0.2, -0.15) is 0 Å². The van der Waals surface area contributed by atoms with E-state index >= 15 is 0 Å². The number of carbonyl (C=O) groups is 2. The molecule has 1 unspecified atom stereocenters. The van der Waals surface area contributed by atoms with Crippen molar-refractivity contribution in [2.75, 3.05) is 0 Å². The molecule has 1 aliphatic carbocycles. The molecule has 0 aromatic carbocycles. The number of hydrogen-bond donors (Lipinski definition) is 3. The van der Waals surface area contributed by atoms with Crippen molar-refractivity contribution in [2.45, 2.75) is 52.1 Å². The summed E-state index contributed by atoms with van der Waals surface area (Å²) in [4.78, 5) is 22.9. The molecule has 0 spiro atoms. The zero-order valence-corrected chi connectivity index (χ0v) is 12.5. The highest BCUT2D eigenvalue weighted by molar-refractivity contribution is 5.75. The molecule has 0 radical (unpaired) electrons. The summed E-state index contributed by atoms with van der Waals surface area (Å²) in [5.74, 6) is -0.453. The van der Waals surface area contributed by atoms with Crippen LogP contribution in [0.1, 0.15) is 49.2 Å². The van der Waals surface area contributed by atoms with Crippen molar-refractivity contribution in [3.8, 4) is 0 Å². The normalized spacial score (nSPS) is 22.8. The molecule has 2 rings (SSSR count). The summed E-state index contributed by atoms with van der Waals surface area (Å²) in [5.41, 5.74) is 1.63. The van der Waals surface area contributed by atoms with Gasteiger partial charge in [-0.25, -0.2) is 4.79 Å². The van der Waals surface area contributed by atoms with E-state index in [4.69, 9.17) is 9.63 Å². The van der Waals surface area contributed by atoms with Gasteiger partial charge in [-0.15, -0.1) is 0 Å². The number of carbonyl (C=O) groups excluding carboxylic acids is 1. The Labute approximate surface area is 123 Å². The molecule has 1 saturated carbocycles. The first-order valence-corrected chi connectivity index (χ1v) is 7.11. The van der Waals surface area contributed by atoms with E-state index in [1.54, 1.807) is 6.92 Å². The van der Waals surface area contributed by atoms with Gasteiger partial charge >= 0.3 is 12.0 Å². The van der Waals surface area contributed by atoms with E-state index in [1.165, 1.54) is 0 Å². The second-order valence-corrected chi connectivity index (χ2v) is 5.62. The van der Waals surface area contributed by atoms with Gasteiger partial charge in [0.15, 0.2) is 0 Å². The minimum atomic E-state index is -0.788. The maximum atomic E-state index is 12.0. The highest BCUT2D eigenvalue weighted by Crippen LogP contribution is 2.26. The lowest BCUT2D eigenvalue weighted by Crippen LogP contribution is -2.42. The number of rotatable bonds is 4. The number of carboxylic acids is 1. The zero-order chi connectivity index (χ0) is 15.6. The Morgan fingerprint density at radius 2 is 2.10 bits per heavy atom. The number of amides is 2. The van der Waals surface area contributed by atoms with Crippen molar-refractivity contribution in [3.05, 3.63) is 17.0 Å². The van der Waals surface area contributed by atoms with Crippen molar-refractivity contribution in [3.63, 3.8) is 0 Å². The van der Waals surface area contributed by atoms with Gasteiger partial charge < -0.3 is 20.3 Å². The Balaban J connectivity index is 1.87. The predicted octanol–water partition coefficient (Wildman–Crippen LogP) is 1.90. The first-order valence-electron chi connectivity index (χ1n) is 7.11. The van der Waals surface area contributed by atoms with Crippen molar-refractivity contribution in [2.24, 2.45) is 5.92 Å². The summed E-state index contributed by atoms with van der Waals surface area (Å²) in [6.07, 6.45) is 1.80. The highest BCUT2D eigenvalue weighted by Gasteiger charge is 2.30. The van der Waals surface area contributed by atoms with Crippen LogP contribution in [-0.4, -0.2) is 28.3 Å². The molecule has 3 N–H and O–H groups in total. The number of hydrogen-bond acceptors (Lipinski definition) is 4. The SMILES string of the molecule is Cc1noc(C)c1C(C)NC(=O)N[C@H]1CC[C@@H](C(=O)O)C1. The van der Waals surface area contributed by atoms with Crippen molar-refractivity contribution in [1.82, 2.24) is 15.8 Å². The van der Waals surface area contributed by atoms with Gasteiger partial charge in [0.1, 0.15) is 5.76 Å². The molecular weight excluding hydrogens is 274 g/mol. The van der Waals surface area contributed by atoms with Crippen LogP contribution in [0.3, 0.4) is 0 Å². The Morgan fingerprint density at radius 1 is 1.38 bits per heavy atom. The summed E-state index contributed by atoms with van der Waals surface area (Å²) in [7, 11) is 0. The Morgan fingerprint density at radius 3 is 2.62 bits per heavy atom. The summed E-state index contributed by atoms with van der Waals surface area (Å²) in [6, 6.07) is -0.588. The summed E-state index contributed by atoms with van der Waals surface area (Å²) in [5, 5.41) is 18.5. The summed E-state index contributed by atoms with van der Waals surface area (Å²) < 4.78 is 5.08. The first kappa shape index (κ1) is 15.3. The van der Waals surface area contributed by atoms with Crippen LogP contribution in [0.4, 0.5) is 4.79 Å². The topological polar surface area (TPSA) is 104 Å². The van der Waals surface area contributed by atoms with Crippen LogP contribution in [0, 0.1) is 19.8 Å². The highest BCUT2D eigenvalue weighted by atomic mass is 16.5. The van der Waals surface area contributed by atoms with Crippen molar-refractivity contribution >= 4 is 12.0 Å². The average Bonchev–Trinajstić information content (AvgIpc) is 2.96. The van der Waals surface area contributed by atoms with E-state index in [0.717, 1.165) is 11.3 Å². The number of aliphatic carboxylic acids is 1. The van der Waals surface area contributed by atoms with E-state index < -0.39 is 5.97 Å². The lowest BCUT2D eigenvalue weighted by atomic mass is 10.1.